The van der Waals surface area contributed by atoms with Gasteiger partial charge >= 0.3 is 5.97 Å². The molecule has 2 heterocycles. The molecule has 1 aromatic carbocycles. The molecule has 19 heavy (non-hydrogen) atoms. The summed E-state index contributed by atoms with van der Waals surface area (Å²) in [5, 5.41) is 9.88. The Kier molecular flexibility index (Phi) is 2.67. The number of rotatable bonds is 2. The first-order chi connectivity index (χ1) is 9.10. The normalized spacial score (nSPS) is 11.1. The van der Waals surface area contributed by atoms with Crippen LogP contribution in [-0.4, -0.2) is 28.2 Å². The minimum absolute atomic E-state index is 0.176. The zero-order valence-corrected chi connectivity index (χ0v) is 11.5. The van der Waals surface area contributed by atoms with Crippen molar-refractivity contribution in [2.45, 2.75) is 0 Å². The Morgan fingerprint density at radius 3 is 2.84 bits per heavy atom. The standard InChI is InChI=1S/C13H9BrN2O3/c1-19-10-3-6(13(17)18)2-8-11(10)12-9(16-8)4-7(14)5-15-12/h2-5,16H,1H3,(H,17,18). The van der Waals surface area contributed by atoms with Crippen LogP contribution in [0.25, 0.3) is 21.9 Å². The average molecular weight is 321 g/mol. The third-order valence-corrected chi connectivity index (χ3v) is 3.36. The molecule has 0 saturated heterocycles. The summed E-state index contributed by atoms with van der Waals surface area (Å²) in [5.74, 6) is -0.496. The fourth-order valence-corrected chi connectivity index (χ4v) is 2.45. The molecule has 0 unspecified atom stereocenters. The molecule has 0 fully saturated rings. The number of pyridine rings is 1. The number of carbonyl (C=O) groups is 1. The van der Waals surface area contributed by atoms with Crippen LogP contribution in [0.1, 0.15) is 10.4 Å². The maximum absolute atomic E-state index is 11.1. The predicted octanol–water partition coefficient (Wildman–Crippen LogP) is 3.19. The first-order valence-electron chi connectivity index (χ1n) is 5.48. The van der Waals surface area contributed by atoms with E-state index in [1.165, 1.54) is 13.2 Å². The molecule has 0 aliphatic carbocycles. The summed E-state index contributed by atoms with van der Waals surface area (Å²) in [6, 6.07) is 4.97. The number of carboxylic acid groups (broad SMARTS) is 1. The summed E-state index contributed by atoms with van der Waals surface area (Å²) in [5.41, 5.74) is 2.45. The van der Waals surface area contributed by atoms with E-state index in [0.717, 1.165) is 20.9 Å². The van der Waals surface area contributed by atoms with Gasteiger partial charge in [0.2, 0.25) is 0 Å². The van der Waals surface area contributed by atoms with Crippen molar-refractivity contribution in [1.29, 1.82) is 0 Å². The molecule has 0 atom stereocenters. The molecule has 3 aromatic rings. The molecule has 0 amide bonds. The van der Waals surface area contributed by atoms with Crippen LogP contribution in [-0.2, 0) is 0 Å². The number of ether oxygens (including phenoxy) is 1. The molecule has 0 radical (unpaired) electrons. The number of fused-ring (bicyclic) bond motifs is 3. The van der Waals surface area contributed by atoms with Gasteiger partial charge in [0.25, 0.3) is 0 Å². The van der Waals surface area contributed by atoms with Crippen molar-refractivity contribution < 1.29 is 14.6 Å². The lowest BCUT2D eigenvalue weighted by Crippen LogP contribution is -1.97. The van der Waals surface area contributed by atoms with Gasteiger partial charge in [-0.05, 0) is 34.1 Å². The van der Waals surface area contributed by atoms with E-state index < -0.39 is 5.97 Å². The molecule has 3 rings (SSSR count). The average Bonchev–Trinajstić information content (AvgIpc) is 2.74. The first kappa shape index (κ1) is 12.0. The number of carboxylic acids is 1. The van der Waals surface area contributed by atoms with Crippen molar-refractivity contribution in [3.05, 3.63) is 34.4 Å². The van der Waals surface area contributed by atoms with Crippen LogP contribution in [0.2, 0.25) is 0 Å². The fourth-order valence-electron chi connectivity index (χ4n) is 2.12. The quantitative estimate of drug-likeness (QED) is 0.760. The monoisotopic (exact) mass is 320 g/mol. The maximum Gasteiger partial charge on any atom is 0.335 e. The molecular formula is C13H9BrN2O3. The molecule has 2 aromatic heterocycles. The Hall–Kier alpha value is -2.08. The van der Waals surface area contributed by atoms with Crippen molar-refractivity contribution in [3.8, 4) is 5.75 Å². The van der Waals surface area contributed by atoms with E-state index in [1.807, 2.05) is 6.07 Å². The topological polar surface area (TPSA) is 75.2 Å². The third kappa shape index (κ3) is 1.84. The number of benzene rings is 1. The predicted molar refractivity (Wildman–Crippen MR) is 74.8 cm³/mol. The summed E-state index contributed by atoms with van der Waals surface area (Å²) < 4.78 is 6.13. The van der Waals surface area contributed by atoms with Crippen LogP contribution < -0.4 is 4.74 Å². The van der Waals surface area contributed by atoms with E-state index in [4.69, 9.17) is 9.84 Å². The smallest absolute Gasteiger partial charge is 0.335 e. The summed E-state index contributed by atoms with van der Waals surface area (Å²) in [6.45, 7) is 0. The van der Waals surface area contributed by atoms with Crippen LogP contribution in [0.3, 0.4) is 0 Å². The van der Waals surface area contributed by atoms with Crippen molar-refractivity contribution >= 4 is 43.8 Å². The van der Waals surface area contributed by atoms with Gasteiger partial charge in [-0.3, -0.25) is 4.98 Å². The van der Waals surface area contributed by atoms with Gasteiger partial charge in [0.05, 0.1) is 34.6 Å². The van der Waals surface area contributed by atoms with Gasteiger partial charge < -0.3 is 14.8 Å². The van der Waals surface area contributed by atoms with Crippen LogP contribution in [0, 0.1) is 0 Å². The van der Waals surface area contributed by atoms with Gasteiger partial charge in [0.15, 0.2) is 0 Å². The van der Waals surface area contributed by atoms with Gasteiger partial charge in [-0.25, -0.2) is 4.79 Å². The molecule has 96 valence electrons. The second-order valence-electron chi connectivity index (χ2n) is 4.08. The summed E-state index contributed by atoms with van der Waals surface area (Å²) in [4.78, 5) is 18.6. The number of H-pyrrole nitrogens is 1. The van der Waals surface area contributed by atoms with Crippen LogP contribution in [0.15, 0.2) is 28.9 Å². The molecule has 2 N–H and O–H groups in total. The summed E-state index contributed by atoms with van der Waals surface area (Å²) in [7, 11) is 1.51. The van der Waals surface area contributed by atoms with E-state index in [9.17, 15) is 4.79 Å². The number of nitrogens with one attached hydrogen (secondary N) is 1. The van der Waals surface area contributed by atoms with Crippen molar-refractivity contribution in [3.63, 3.8) is 0 Å². The number of aromatic carboxylic acids is 1. The molecular weight excluding hydrogens is 312 g/mol. The molecule has 0 bridgehead atoms. The lowest BCUT2D eigenvalue weighted by atomic mass is 10.1. The van der Waals surface area contributed by atoms with Crippen LogP contribution in [0.5, 0.6) is 5.75 Å². The molecule has 0 aliphatic rings. The second-order valence-corrected chi connectivity index (χ2v) is 5.00. The molecule has 6 heteroatoms. The maximum atomic E-state index is 11.1. The number of methoxy groups -OCH3 is 1. The van der Waals surface area contributed by atoms with E-state index in [2.05, 4.69) is 25.9 Å². The van der Waals surface area contributed by atoms with Gasteiger partial charge in [0, 0.05) is 10.7 Å². The van der Waals surface area contributed by atoms with Gasteiger partial charge in [-0.2, -0.15) is 0 Å². The summed E-state index contributed by atoms with van der Waals surface area (Å²) in [6.07, 6.45) is 1.69. The van der Waals surface area contributed by atoms with Crippen molar-refractivity contribution in [2.24, 2.45) is 0 Å². The highest BCUT2D eigenvalue weighted by Gasteiger charge is 2.15. The third-order valence-electron chi connectivity index (χ3n) is 2.93. The highest BCUT2D eigenvalue weighted by atomic mass is 79.9. The Labute approximate surface area is 116 Å². The van der Waals surface area contributed by atoms with Gasteiger partial charge in [0.1, 0.15) is 5.75 Å². The number of hydrogen-bond acceptors (Lipinski definition) is 3. The van der Waals surface area contributed by atoms with E-state index >= 15 is 0 Å². The van der Waals surface area contributed by atoms with E-state index in [-0.39, 0.29) is 5.56 Å². The number of halogens is 1. The minimum Gasteiger partial charge on any atom is -0.496 e. The van der Waals surface area contributed by atoms with E-state index in [0.29, 0.717) is 11.3 Å². The number of aromatic amines is 1. The van der Waals surface area contributed by atoms with E-state index in [1.54, 1.807) is 12.3 Å². The van der Waals surface area contributed by atoms with Crippen molar-refractivity contribution in [1.82, 2.24) is 9.97 Å². The SMILES string of the molecule is COc1cc(C(=O)O)cc2[nH]c3cc(Br)cnc3c12. The molecule has 0 aliphatic heterocycles. The van der Waals surface area contributed by atoms with Crippen molar-refractivity contribution in [2.75, 3.05) is 7.11 Å². The number of nitrogens with zero attached hydrogens (tertiary/aromatic N) is 1. The number of hydrogen-bond donors (Lipinski definition) is 2. The highest BCUT2D eigenvalue weighted by molar-refractivity contribution is 9.10. The molecule has 0 spiro atoms. The van der Waals surface area contributed by atoms with Crippen LogP contribution >= 0.6 is 15.9 Å². The Morgan fingerprint density at radius 2 is 2.16 bits per heavy atom. The van der Waals surface area contributed by atoms with Gasteiger partial charge in [-0.1, -0.05) is 0 Å². The largest absolute Gasteiger partial charge is 0.496 e. The highest BCUT2D eigenvalue weighted by Crippen LogP contribution is 2.34. The first-order valence-corrected chi connectivity index (χ1v) is 6.27. The fraction of sp³-hybridized carbons (Fsp3) is 0.0769. The lowest BCUT2D eigenvalue weighted by molar-refractivity contribution is 0.0696. The number of aromatic nitrogens is 2. The zero-order chi connectivity index (χ0) is 13.6. The van der Waals surface area contributed by atoms with Crippen LogP contribution in [0.4, 0.5) is 0 Å². The zero-order valence-electron chi connectivity index (χ0n) is 9.90. The minimum atomic E-state index is -0.993. The Balaban J connectivity index is 2.45. The second kappa shape index (κ2) is 4.24. The summed E-state index contributed by atoms with van der Waals surface area (Å²) >= 11 is 3.36. The Morgan fingerprint density at radius 1 is 1.37 bits per heavy atom. The molecule has 5 nitrogen and oxygen atoms in total. The molecule has 0 saturated carbocycles. The lowest BCUT2D eigenvalue weighted by Gasteiger charge is -2.03. The Bertz CT molecular complexity index is 810. The van der Waals surface area contributed by atoms with Gasteiger partial charge in [-0.15, -0.1) is 0 Å².